The van der Waals surface area contributed by atoms with Gasteiger partial charge in [-0.2, -0.15) is 0 Å². The lowest BCUT2D eigenvalue weighted by Crippen LogP contribution is -2.47. The van der Waals surface area contributed by atoms with E-state index in [2.05, 4.69) is 52.5 Å². The largest absolute Gasteiger partial charge is 0.356 e. The standard InChI is InChI=1S/C16H25N3O/c1-14(20)17-9-6-10-19-12-11-18(2)13-16(19)15-7-4-3-5-8-15/h3-5,7-8,16H,6,9-13H2,1-2H3,(H,17,20). The Labute approximate surface area is 121 Å². The first-order chi connectivity index (χ1) is 9.66. The van der Waals surface area contributed by atoms with Crippen molar-refractivity contribution in [2.45, 2.75) is 19.4 Å². The van der Waals surface area contributed by atoms with Crippen LogP contribution in [0, 0.1) is 0 Å². The van der Waals surface area contributed by atoms with Crippen LogP contribution >= 0.6 is 0 Å². The number of hydrogen-bond acceptors (Lipinski definition) is 3. The SMILES string of the molecule is CC(=O)NCCCN1CCN(C)CC1c1ccccc1. The van der Waals surface area contributed by atoms with Crippen molar-refractivity contribution in [1.29, 1.82) is 0 Å². The van der Waals surface area contributed by atoms with Gasteiger partial charge in [0.2, 0.25) is 5.91 Å². The lowest BCUT2D eigenvalue weighted by Gasteiger charge is -2.40. The van der Waals surface area contributed by atoms with Gasteiger partial charge >= 0.3 is 0 Å². The van der Waals surface area contributed by atoms with Gasteiger partial charge in [-0.1, -0.05) is 30.3 Å². The van der Waals surface area contributed by atoms with Gasteiger partial charge in [0.15, 0.2) is 0 Å². The monoisotopic (exact) mass is 275 g/mol. The summed E-state index contributed by atoms with van der Waals surface area (Å²) in [6.07, 6.45) is 1.01. The number of rotatable bonds is 5. The molecule has 0 spiro atoms. The van der Waals surface area contributed by atoms with Crippen molar-refractivity contribution in [3.05, 3.63) is 35.9 Å². The highest BCUT2D eigenvalue weighted by molar-refractivity contribution is 5.72. The molecule has 1 saturated heterocycles. The molecule has 110 valence electrons. The number of hydrogen-bond donors (Lipinski definition) is 1. The van der Waals surface area contributed by atoms with E-state index in [0.717, 1.165) is 39.1 Å². The normalized spacial score (nSPS) is 20.8. The molecule has 1 aliphatic heterocycles. The predicted molar refractivity (Wildman–Crippen MR) is 81.6 cm³/mol. The summed E-state index contributed by atoms with van der Waals surface area (Å²) in [6, 6.07) is 11.2. The quantitative estimate of drug-likeness (QED) is 0.827. The molecule has 1 heterocycles. The molecule has 2 rings (SSSR count). The van der Waals surface area contributed by atoms with Crippen molar-refractivity contribution in [2.75, 3.05) is 39.8 Å². The molecule has 1 atom stereocenters. The summed E-state index contributed by atoms with van der Waals surface area (Å²) < 4.78 is 0. The Morgan fingerprint density at radius 3 is 2.75 bits per heavy atom. The molecule has 0 radical (unpaired) electrons. The molecule has 0 bridgehead atoms. The molecule has 1 aromatic carbocycles. The number of carbonyl (C=O) groups excluding carboxylic acids is 1. The fraction of sp³-hybridized carbons (Fsp3) is 0.562. The molecule has 1 aliphatic rings. The Bertz CT molecular complexity index is 421. The van der Waals surface area contributed by atoms with Crippen molar-refractivity contribution in [1.82, 2.24) is 15.1 Å². The molecular formula is C16H25N3O. The van der Waals surface area contributed by atoms with Crippen LogP contribution in [0.5, 0.6) is 0 Å². The Hall–Kier alpha value is -1.39. The van der Waals surface area contributed by atoms with Crippen LogP contribution in [-0.2, 0) is 4.79 Å². The maximum Gasteiger partial charge on any atom is 0.216 e. The summed E-state index contributed by atoms with van der Waals surface area (Å²) in [4.78, 5) is 15.8. The van der Waals surface area contributed by atoms with Gasteiger partial charge < -0.3 is 10.2 Å². The number of amides is 1. The molecule has 4 nitrogen and oxygen atoms in total. The highest BCUT2D eigenvalue weighted by Gasteiger charge is 2.25. The number of nitrogens with one attached hydrogen (secondary N) is 1. The third-order valence-electron chi connectivity index (χ3n) is 3.87. The van der Waals surface area contributed by atoms with E-state index in [4.69, 9.17) is 0 Å². The van der Waals surface area contributed by atoms with E-state index in [9.17, 15) is 4.79 Å². The molecule has 0 aliphatic carbocycles. The Kier molecular flexibility index (Phi) is 5.56. The summed E-state index contributed by atoms with van der Waals surface area (Å²) in [7, 11) is 2.19. The number of nitrogens with zero attached hydrogens (tertiary/aromatic N) is 2. The topological polar surface area (TPSA) is 35.6 Å². The van der Waals surface area contributed by atoms with Crippen LogP contribution in [0.15, 0.2) is 30.3 Å². The van der Waals surface area contributed by atoms with E-state index in [0.29, 0.717) is 6.04 Å². The third kappa shape index (κ3) is 4.32. The molecule has 20 heavy (non-hydrogen) atoms. The maximum absolute atomic E-state index is 10.9. The zero-order chi connectivity index (χ0) is 14.4. The molecule has 1 amide bonds. The number of likely N-dealkylation sites (N-methyl/N-ethyl adjacent to an activating group) is 1. The number of piperazine rings is 1. The number of benzene rings is 1. The predicted octanol–water partition coefficient (Wildman–Crippen LogP) is 1.50. The molecule has 1 N–H and O–H groups in total. The van der Waals surface area contributed by atoms with Gasteiger partial charge in [0.25, 0.3) is 0 Å². The third-order valence-corrected chi connectivity index (χ3v) is 3.87. The molecule has 4 heteroatoms. The fourth-order valence-electron chi connectivity index (χ4n) is 2.76. The van der Waals surface area contributed by atoms with Crippen LogP contribution in [0.1, 0.15) is 24.9 Å². The molecule has 1 fully saturated rings. The molecule has 1 aromatic rings. The van der Waals surface area contributed by atoms with E-state index in [1.807, 2.05) is 0 Å². The molecule has 0 saturated carbocycles. The van der Waals surface area contributed by atoms with E-state index in [-0.39, 0.29) is 5.91 Å². The minimum absolute atomic E-state index is 0.0583. The molecular weight excluding hydrogens is 250 g/mol. The summed E-state index contributed by atoms with van der Waals surface area (Å²) in [5.41, 5.74) is 1.39. The van der Waals surface area contributed by atoms with Crippen LogP contribution in [0.4, 0.5) is 0 Å². The van der Waals surface area contributed by atoms with Crippen LogP contribution in [0.2, 0.25) is 0 Å². The van der Waals surface area contributed by atoms with Gasteiger partial charge in [-0.15, -0.1) is 0 Å². The van der Waals surface area contributed by atoms with Crippen LogP contribution < -0.4 is 5.32 Å². The van der Waals surface area contributed by atoms with Crippen molar-refractivity contribution < 1.29 is 4.79 Å². The average Bonchev–Trinajstić information content (AvgIpc) is 2.45. The summed E-state index contributed by atoms with van der Waals surface area (Å²) in [5, 5.41) is 2.87. The van der Waals surface area contributed by atoms with Gasteiger partial charge in [0.05, 0.1) is 0 Å². The summed E-state index contributed by atoms with van der Waals surface area (Å²) in [5.74, 6) is 0.0583. The highest BCUT2D eigenvalue weighted by Crippen LogP contribution is 2.24. The first kappa shape index (κ1) is 15.0. The first-order valence-electron chi connectivity index (χ1n) is 7.39. The van der Waals surface area contributed by atoms with Crippen LogP contribution in [-0.4, -0.2) is 55.5 Å². The Morgan fingerprint density at radius 2 is 2.05 bits per heavy atom. The highest BCUT2D eigenvalue weighted by atomic mass is 16.1. The van der Waals surface area contributed by atoms with E-state index >= 15 is 0 Å². The van der Waals surface area contributed by atoms with Crippen molar-refractivity contribution in [2.24, 2.45) is 0 Å². The zero-order valence-corrected chi connectivity index (χ0v) is 12.5. The average molecular weight is 275 g/mol. The van der Waals surface area contributed by atoms with Crippen molar-refractivity contribution in [3.8, 4) is 0 Å². The minimum atomic E-state index is 0.0583. The van der Waals surface area contributed by atoms with Gasteiger partial charge in [0, 0.05) is 45.7 Å². The van der Waals surface area contributed by atoms with Gasteiger partial charge in [0.1, 0.15) is 0 Å². The fourth-order valence-corrected chi connectivity index (χ4v) is 2.76. The number of carbonyl (C=O) groups is 1. The van der Waals surface area contributed by atoms with Crippen LogP contribution in [0.3, 0.4) is 0 Å². The second kappa shape index (κ2) is 7.41. The minimum Gasteiger partial charge on any atom is -0.356 e. The zero-order valence-electron chi connectivity index (χ0n) is 12.5. The van der Waals surface area contributed by atoms with Gasteiger partial charge in [-0.3, -0.25) is 9.69 Å². The second-order valence-electron chi connectivity index (χ2n) is 5.56. The maximum atomic E-state index is 10.9. The van der Waals surface area contributed by atoms with Gasteiger partial charge in [-0.05, 0) is 19.0 Å². The lowest BCUT2D eigenvalue weighted by atomic mass is 10.0. The van der Waals surface area contributed by atoms with E-state index < -0.39 is 0 Å². The Balaban J connectivity index is 1.93. The Morgan fingerprint density at radius 1 is 1.30 bits per heavy atom. The first-order valence-corrected chi connectivity index (χ1v) is 7.39. The van der Waals surface area contributed by atoms with E-state index in [1.165, 1.54) is 5.56 Å². The van der Waals surface area contributed by atoms with Gasteiger partial charge in [-0.25, -0.2) is 0 Å². The smallest absolute Gasteiger partial charge is 0.216 e. The van der Waals surface area contributed by atoms with Crippen LogP contribution in [0.25, 0.3) is 0 Å². The van der Waals surface area contributed by atoms with E-state index in [1.54, 1.807) is 6.92 Å². The van der Waals surface area contributed by atoms with Crippen molar-refractivity contribution >= 4 is 5.91 Å². The van der Waals surface area contributed by atoms with Crippen molar-refractivity contribution in [3.63, 3.8) is 0 Å². The lowest BCUT2D eigenvalue weighted by molar-refractivity contribution is -0.118. The summed E-state index contributed by atoms with van der Waals surface area (Å²) in [6.45, 7) is 6.66. The molecule has 1 unspecified atom stereocenters. The molecule has 0 aromatic heterocycles. The second-order valence-corrected chi connectivity index (χ2v) is 5.56. The summed E-state index contributed by atoms with van der Waals surface area (Å²) >= 11 is 0.